The number of aliphatic carboxylic acids is 1. The van der Waals surface area contributed by atoms with Crippen molar-refractivity contribution in [2.24, 2.45) is 5.92 Å². The molecule has 0 spiro atoms. The van der Waals surface area contributed by atoms with Crippen molar-refractivity contribution in [2.45, 2.75) is 156 Å². The molecule has 5 fully saturated rings. The molecule has 0 aromatic heterocycles. The van der Waals surface area contributed by atoms with Gasteiger partial charge in [0.1, 0.15) is 85.1 Å². The molecule has 0 radical (unpaired) electrons. The smallest absolute Gasteiger partial charge is 0.335 e. The maximum absolute atomic E-state index is 13.2. The number of amides is 3. The van der Waals surface area contributed by atoms with Gasteiger partial charge in [-0.2, -0.15) is 0 Å². The molecule has 4 heterocycles. The van der Waals surface area contributed by atoms with Gasteiger partial charge in [-0.25, -0.2) is 4.79 Å². The van der Waals surface area contributed by atoms with E-state index >= 15 is 0 Å². The Bertz CT molecular complexity index is 1520. The Kier molecular flexibility index (Phi) is 16.3. The number of carbonyl (C=O) groups is 5. The molecule has 342 valence electrons. The first-order valence-corrected chi connectivity index (χ1v) is 19.3. The molecule has 0 aromatic carbocycles. The molecule has 4 saturated heterocycles. The monoisotopic (exact) mass is 869 g/mol. The predicted molar refractivity (Wildman–Crippen MR) is 190 cm³/mol. The van der Waals surface area contributed by atoms with Gasteiger partial charge in [-0.1, -0.05) is 0 Å². The summed E-state index contributed by atoms with van der Waals surface area (Å²) in [5, 5.41) is 105. The van der Waals surface area contributed by atoms with Crippen molar-refractivity contribution in [1.82, 2.24) is 16.0 Å². The van der Waals surface area contributed by atoms with Gasteiger partial charge < -0.3 is 99.8 Å². The first kappa shape index (κ1) is 48.0. The molecular formula is C35H55N3O22. The number of carbonyl (C=O) groups excluding carboxylic acids is 4. The average molecular weight is 870 g/mol. The van der Waals surface area contributed by atoms with Crippen LogP contribution in [0.2, 0.25) is 0 Å². The number of methoxy groups -OCH3 is 1. The number of carboxylic acids is 1. The fourth-order valence-corrected chi connectivity index (χ4v) is 7.88. The third-order valence-electron chi connectivity index (χ3n) is 11.1. The fraction of sp³-hybridized carbons (Fsp3) is 0.857. The zero-order valence-corrected chi connectivity index (χ0v) is 33.0. The second-order valence-corrected chi connectivity index (χ2v) is 15.4. The molecule has 5 rings (SSSR count). The lowest BCUT2D eigenvalue weighted by Gasteiger charge is -2.50. The molecule has 1 aliphatic carbocycles. The van der Waals surface area contributed by atoms with E-state index in [-0.39, 0.29) is 31.1 Å². The molecule has 4 aliphatic heterocycles. The minimum atomic E-state index is -2.23. The number of aliphatic hydroxyl groups excluding tert-OH is 8. The van der Waals surface area contributed by atoms with Gasteiger partial charge in [0.25, 0.3) is 5.91 Å². The molecule has 5 aliphatic rings. The van der Waals surface area contributed by atoms with Crippen LogP contribution in [-0.2, 0) is 61.9 Å². The summed E-state index contributed by atoms with van der Waals surface area (Å²) in [4.78, 5) is 61.8. The van der Waals surface area contributed by atoms with Gasteiger partial charge in [-0.3, -0.25) is 19.2 Å². The molecule has 3 amide bonds. The normalized spacial score (nSPS) is 43.7. The predicted octanol–water partition coefficient (Wildman–Crippen LogP) is -7.54. The van der Waals surface area contributed by atoms with Crippen LogP contribution in [0.25, 0.3) is 0 Å². The topological polar surface area (TPSA) is 377 Å². The van der Waals surface area contributed by atoms with Crippen LogP contribution in [0.4, 0.5) is 0 Å². The summed E-state index contributed by atoms with van der Waals surface area (Å²) in [6.45, 7) is 2.09. The molecular weight excluding hydrogens is 814 g/mol. The molecule has 20 atom stereocenters. The fourth-order valence-electron chi connectivity index (χ4n) is 7.88. The van der Waals surface area contributed by atoms with E-state index in [9.17, 15) is 69.9 Å². The van der Waals surface area contributed by atoms with E-state index in [0.717, 1.165) is 21.0 Å². The summed E-state index contributed by atoms with van der Waals surface area (Å²) >= 11 is 0. The highest BCUT2D eigenvalue weighted by atomic mass is 16.8. The zero-order chi connectivity index (χ0) is 44.3. The first-order chi connectivity index (χ1) is 28.3. The van der Waals surface area contributed by atoms with Gasteiger partial charge in [0.05, 0.1) is 25.4 Å². The summed E-state index contributed by atoms with van der Waals surface area (Å²) < 4.78 is 45.4. The minimum Gasteiger partial charge on any atom is -0.479 e. The molecule has 60 heavy (non-hydrogen) atoms. The number of hydrogen-bond acceptors (Lipinski definition) is 21. The maximum Gasteiger partial charge on any atom is 0.335 e. The number of hydrogen-bond donors (Lipinski definition) is 12. The van der Waals surface area contributed by atoms with Crippen LogP contribution in [0.1, 0.15) is 33.6 Å². The first-order valence-electron chi connectivity index (χ1n) is 19.3. The Labute approximate surface area is 342 Å². The van der Waals surface area contributed by atoms with Gasteiger partial charge >= 0.3 is 5.97 Å². The largest absolute Gasteiger partial charge is 0.479 e. The Morgan fingerprint density at radius 2 is 1.13 bits per heavy atom. The van der Waals surface area contributed by atoms with Gasteiger partial charge in [0.15, 0.2) is 31.1 Å². The Morgan fingerprint density at radius 3 is 1.63 bits per heavy atom. The minimum absolute atomic E-state index is 0.0204. The summed E-state index contributed by atoms with van der Waals surface area (Å²) in [6.07, 6.45) is -31.8. The third kappa shape index (κ3) is 10.4. The molecule has 1 saturated carbocycles. The second-order valence-electron chi connectivity index (χ2n) is 15.4. The lowest BCUT2D eigenvalue weighted by molar-refractivity contribution is -0.366. The lowest BCUT2D eigenvalue weighted by Crippen LogP contribution is -2.70. The maximum atomic E-state index is 13.2. The highest BCUT2D eigenvalue weighted by Gasteiger charge is 2.57. The molecule has 12 N–H and O–H groups in total. The number of nitrogens with one attached hydrogen (secondary N) is 3. The van der Waals surface area contributed by atoms with Crippen molar-refractivity contribution in [2.75, 3.05) is 26.9 Å². The summed E-state index contributed by atoms with van der Waals surface area (Å²) in [7, 11) is 1.14. The number of ether oxygens (including phenoxy) is 8. The van der Waals surface area contributed by atoms with Crippen molar-refractivity contribution in [1.29, 1.82) is 0 Å². The quantitative estimate of drug-likeness (QED) is 0.0727. The Balaban J connectivity index is 1.38. The van der Waals surface area contributed by atoms with E-state index in [0.29, 0.717) is 0 Å². The number of carboxylic acid groups (broad SMARTS) is 1. The van der Waals surface area contributed by atoms with Gasteiger partial charge in [-0.05, 0) is 12.8 Å². The van der Waals surface area contributed by atoms with E-state index < -0.39 is 159 Å². The summed E-state index contributed by atoms with van der Waals surface area (Å²) in [5.41, 5.74) is 0. The molecule has 0 aromatic rings. The van der Waals surface area contributed by atoms with Crippen LogP contribution < -0.4 is 16.0 Å². The highest BCUT2D eigenvalue weighted by Crippen LogP contribution is 2.35. The second kappa shape index (κ2) is 20.4. The average Bonchev–Trinajstić information content (AvgIpc) is 3.18. The van der Waals surface area contributed by atoms with Gasteiger partial charge in [0, 0.05) is 40.3 Å². The van der Waals surface area contributed by atoms with Crippen LogP contribution in [0.5, 0.6) is 0 Å². The highest BCUT2D eigenvalue weighted by molar-refractivity contribution is 5.85. The Morgan fingerprint density at radius 1 is 0.650 bits per heavy atom. The van der Waals surface area contributed by atoms with E-state index in [1.165, 1.54) is 6.92 Å². The van der Waals surface area contributed by atoms with Gasteiger partial charge in [-0.15, -0.1) is 0 Å². The van der Waals surface area contributed by atoms with Crippen molar-refractivity contribution in [3.63, 3.8) is 0 Å². The van der Waals surface area contributed by atoms with Gasteiger partial charge in [0.2, 0.25) is 11.8 Å². The summed E-state index contributed by atoms with van der Waals surface area (Å²) in [5.74, 6) is -4.12. The van der Waals surface area contributed by atoms with E-state index in [2.05, 4.69) is 16.0 Å². The van der Waals surface area contributed by atoms with Crippen LogP contribution in [0.15, 0.2) is 0 Å². The van der Waals surface area contributed by atoms with E-state index in [1.807, 2.05) is 0 Å². The number of aliphatic hydroxyl groups is 8. The summed E-state index contributed by atoms with van der Waals surface area (Å²) in [6, 6.07) is -2.85. The Hall–Kier alpha value is -3.09. The number of Topliss-reactive ketones (excluding diaryl/α,β-unsaturated/α-hetero) is 1. The van der Waals surface area contributed by atoms with Crippen molar-refractivity contribution in [3.05, 3.63) is 0 Å². The number of rotatable bonds is 15. The number of ketones is 1. The standard InChI is InChI=1S/C35H55N3O22/c1-10-17(37-11(2)41)25(19(44)15(8-39)54-10)56-35-24(49)22(47)28(30(60-35)32(51)52)58-33-18(38-12(3)42)26(20(45)16(9-40)55-33)57-34-23(48)21(46)27(53-4)29(59-34)31(50)36-7-13-5-14(43)6-13/h10,13,15-30,33-35,39-40,44-49H,5-9H2,1-4H3,(H,36,50)(H,37,41)(H,38,42)(H,51,52)/t10?,15?,16?,17?,18?,19-,20-,21?,22?,23+,24+,25-,26-,27+,28+,29?,30?,33?,34-,35-/m1/s1. The lowest BCUT2D eigenvalue weighted by atomic mass is 9.84. The molecule has 10 unspecified atom stereocenters. The van der Waals surface area contributed by atoms with Crippen molar-refractivity contribution < 1.29 is 108 Å². The third-order valence-corrected chi connectivity index (χ3v) is 11.1. The SMILES string of the molecule is CO[C@@H]1C(C(=O)NCC2CC(=O)C2)O[C@@H](O[C@@H]2C(NC(C)=O)C(O[C@@H]3C(C(=O)O)O[C@@H](O[C@@H]4C(NC(C)=O)C(C)OC(CO)[C@H]4O)[C@@H](O)C3O)OC(CO)[C@H]2O)[C@@H](O)C1O. The van der Waals surface area contributed by atoms with Crippen LogP contribution >= 0.6 is 0 Å². The van der Waals surface area contributed by atoms with E-state index in [4.69, 9.17) is 37.9 Å². The zero-order valence-electron chi connectivity index (χ0n) is 33.0. The van der Waals surface area contributed by atoms with E-state index in [1.54, 1.807) is 0 Å². The van der Waals surface area contributed by atoms with Crippen molar-refractivity contribution >= 4 is 29.5 Å². The molecule has 0 bridgehead atoms. The van der Waals surface area contributed by atoms with Crippen LogP contribution in [-0.4, -0.2) is 225 Å². The van der Waals surface area contributed by atoms with Crippen molar-refractivity contribution in [3.8, 4) is 0 Å². The molecule has 25 heteroatoms. The molecule has 25 nitrogen and oxygen atoms in total. The van der Waals surface area contributed by atoms with Crippen LogP contribution in [0.3, 0.4) is 0 Å². The van der Waals surface area contributed by atoms with Crippen LogP contribution in [0, 0.1) is 5.92 Å².